The SMILES string of the molecule is N[C@@H]1[C@H]2CC[C@H]1c1cnoc1C2. The lowest BCUT2D eigenvalue weighted by atomic mass is 9.84. The molecule has 12 heavy (non-hydrogen) atoms. The van der Waals surface area contributed by atoms with Crippen LogP contribution < -0.4 is 5.73 Å². The van der Waals surface area contributed by atoms with E-state index in [1.165, 1.54) is 18.4 Å². The van der Waals surface area contributed by atoms with Crippen LogP contribution in [0.25, 0.3) is 0 Å². The molecule has 0 spiro atoms. The summed E-state index contributed by atoms with van der Waals surface area (Å²) in [6, 6.07) is 0.358. The molecule has 0 aromatic carbocycles. The summed E-state index contributed by atoms with van der Waals surface area (Å²) in [7, 11) is 0. The van der Waals surface area contributed by atoms with Gasteiger partial charge in [-0.15, -0.1) is 0 Å². The predicted molar refractivity (Wildman–Crippen MR) is 43.6 cm³/mol. The van der Waals surface area contributed by atoms with Crippen LogP contribution in [0.3, 0.4) is 0 Å². The van der Waals surface area contributed by atoms with Gasteiger partial charge in [-0.1, -0.05) is 5.16 Å². The number of rotatable bonds is 0. The van der Waals surface area contributed by atoms with Crippen LogP contribution >= 0.6 is 0 Å². The van der Waals surface area contributed by atoms with Crippen molar-refractivity contribution in [1.82, 2.24) is 5.16 Å². The van der Waals surface area contributed by atoms with Crippen molar-refractivity contribution in [3.05, 3.63) is 17.5 Å². The fourth-order valence-corrected chi connectivity index (χ4v) is 2.68. The van der Waals surface area contributed by atoms with Gasteiger partial charge in [0, 0.05) is 23.9 Å². The first-order chi connectivity index (χ1) is 5.86. The largest absolute Gasteiger partial charge is 0.361 e. The molecule has 1 fully saturated rings. The highest BCUT2D eigenvalue weighted by atomic mass is 16.5. The Morgan fingerprint density at radius 3 is 3.33 bits per heavy atom. The van der Waals surface area contributed by atoms with Crippen molar-refractivity contribution in [2.24, 2.45) is 11.7 Å². The van der Waals surface area contributed by atoms with Crippen molar-refractivity contribution in [1.29, 1.82) is 0 Å². The Labute approximate surface area is 70.9 Å². The molecule has 1 aromatic rings. The molecule has 3 rings (SSSR count). The molecule has 1 aromatic heterocycles. The van der Waals surface area contributed by atoms with Gasteiger partial charge in [0.05, 0.1) is 6.20 Å². The van der Waals surface area contributed by atoms with E-state index < -0.39 is 0 Å². The second-order valence-electron chi connectivity index (χ2n) is 3.93. The minimum atomic E-state index is 0.358. The molecule has 0 amide bonds. The molecule has 2 aliphatic rings. The van der Waals surface area contributed by atoms with Gasteiger partial charge in [-0.2, -0.15) is 0 Å². The molecule has 0 radical (unpaired) electrons. The van der Waals surface area contributed by atoms with Gasteiger partial charge in [-0.05, 0) is 18.8 Å². The number of hydrogen-bond acceptors (Lipinski definition) is 3. The van der Waals surface area contributed by atoms with Crippen molar-refractivity contribution in [3.63, 3.8) is 0 Å². The predicted octanol–water partition coefficient (Wildman–Crippen LogP) is 1.05. The van der Waals surface area contributed by atoms with Crippen molar-refractivity contribution in [2.75, 3.05) is 0 Å². The molecule has 3 atom stereocenters. The molecular formula is C9H12N2O. The van der Waals surface area contributed by atoms with Crippen LogP contribution in [0.4, 0.5) is 0 Å². The van der Waals surface area contributed by atoms with Crippen LogP contribution in [0.1, 0.15) is 30.1 Å². The van der Waals surface area contributed by atoms with Gasteiger partial charge in [0.25, 0.3) is 0 Å². The molecule has 2 bridgehead atoms. The Morgan fingerprint density at radius 2 is 2.42 bits per heavy atom. The van der Waals surface area contributed by atoms with E-state index in [9.17, 15) is 0 Å². The fourth-order valence-electron chi connectivity index (χ4n) is 2.68. The van der Waals surface area contributed by atoms with Crippen molar-refractivity contribution >= 4 is 0 Å². The summed E-state index contributed by atoms with van der Waals surface area (Å²) < 4.78 is 5.18. The standard InChI is InChI=1S/C9H12N2O/c10-9-5-1-2-6(9)7-4-11-12-8(7)3-5/h4-6,9H,1-3,10H2/t5-,6-,9+/m0/s1. The normalized spacial score (nSPS) is 38.2. The maximum Gasteiger partial charge on any atom is 0.140 e. The van der Waals surface area contributed by atoms with Gasteiger partial charge < -0.3 is 10.3 Å². The lowest BCUT2D eigenvalue weighted by molar-refractivity contribution is 0.331. The zero-order valence-corrected chi connectivity index (χ0v) is 6.86. The lowest BCUT2D eigenvalue weighted by Gasteiger charge is -2.24. The highest BCUT2D eigenvalue weighted by Gasteiger charge is 2.41. The second kappa shape index (κ2) is 2.10. The average Bonchev–Trinajstić information content (AvgIpc) is 2.59. The molecule has 64 valence electrons. The topological polar surface area (TPSA) is 52.0 Å². The summed E-state index contributed by atoms with van der Waals surface area (Å²) in [5.74, 6) is 2.27. The molecule has 2 aliphatic carbocycles. The summed E-state index contributed by atoms with van der Waals surface area (Å²) in [5.41, 5.74) is 7.36. The van der Waals surface area contributed by atoms with Crippen LogP contribution in [0.15, 0.2) is 10.7 Å². The second-order valence-corrected chi connectivity index (χ2v) is 3.93. The highest BCUT2D eigenvalue weighted by Crippen LogP contribution is 2.44. The zero-order chi connectivity index (χ0) is 8.13. The van der Waals surface area contributed by atoms with Crippen LogP contribution in [-0.2, 0) is 6.42 Å². The first kappa shape index (κ1) is 6.66. The molecular weight excluding hydrogens is 152 g/mol. The average molecular weight is 164 g/mol. The molecule has 0 unspecified atom stereocenters. The Kier molecular flexibility index (Phi) is 1.17. The molecule has 2 N–H and O–H groups in total. The highest BCUT2D eigenvalue weighted by molar-refractivity contribution is 5.28. The number of hydrogen-bond donors (Lipinski definition) is 1. The number of nitrogens with two attached hydrogens (primary N) is 1. The summed E-state index contributed by atoms with van der Waals surface area (Å²) in [6.45, 7) is 0. The van der Waals surface area contributed by atoms with Crippen LogP contribution in [-0.4, -0.2) is 11.2 Å². The molecule has 1 saturated carbocycles. The third kappa shape index (κ3) is 0.672. The van der Waals surface area contributed by atoms with Crippen molar-refractivity contribution in [2.45, 2.75) is 31.2 Å². The third-order valence-electron chi connectivity index (χ3n) is 3.38. The first-order valence-corrected chi connectivity index (χ1v) is 4.55. The Balaban J connectivity index is 2.12. The van der Waals surface area contributed by atoms with Crippen LogP contribution in [0.5, 0.6) is 0 Å². The molecule has 3 nitrogen and oxygen atoms in total. The Morgan fingerprint density at radius 1 is 1.50 bits per heavy atom. The van der Waals surface area contributed by atoms with E-state index in [4.69, 9.17) is 10.3 Å². The summed E-state index contributed by atoms with van der Waals surface area (Å²) in [4.78, 5) is 0. The Hall–Kier alpha value is -0.830. The number of fused-ring (bicyclic) bond motifs is 4. The smallest absolute Gasteiger partial charge is 0.140 e. The van der Waals surface area contributed by atoms with Crippen molar-refractivity contribution < 1.29 is 4.52 Å². The third-order valence-corrected chi connectivity index (χ3v) is 3.38. The summed E-state index contributed by atoms with van der Waals surface area (Å²) >= 11 is 0. The van der Waals surface area contributed by atoms with Crippen LogP contribution in [0.2, 0.25) is 0 Å². The van der Waals surface area contributed by atoms with E-state index in [1.807, 2.05) is 6.20 Å². The first-order valence-electron chi connectivity index (χ1n) is 4.55. The molecule has 1 heterocycles. The number of nitrogens with zero attached hydrogens (tertiary/aromatic N) is 1. The van der Waals surface area contributed by atoms with Gasteiger partial charge >= 0.3 is 0 Å². The Bertz CT molecular complexity index is 307. The quantitative estimate of drug-likeness (QED) is 0.623. The van der Waals surface area contributed by atoms with Gasteiger partial charge in [0.1, 0.15) is 5.76 Å². The minimum absolute atomic E-state index is 0.358. The van der Waals surface area contributed by atoms with E-state index in [0.717, 1.165) is 12.2 Å². The van der Waals surface area contributed by atoms with E-state index in [-0.39, 0.29) is 0 Å². The van der Waals surface area contributed by atoms with Gasteiger partial charge in [0.15, 0.2) is 0 Å². The summed E-state index contributed by atoms with van der Waals surface area (Å²) in [5, 5.41) is 3.83. The van der Waals surface area contributed by atoms with Gasteiger partial charge in [0.2, 0.25) is 0 Å². The monoisotopic (exact) mass is 164 g/mol. The van der Waals surface area contributed by atoms with E-state index >= 15 is 0 Å². The minimum Gasteiger partial charge on any atom is -0.361 e. The zero-order valence-electron chi connectivity index (χ0n) is 6.86. The van der Waals surface area contributed by atoms with Crippen molar-refractivity contribution in [3.8, 4) is 0 Å². The summed E-state index contributed by atoms with van der Waals surface area (Å²) in [6.07, 6.45) is 5.34. The maximum atomic E-state index is 6.09. The van der Waals surface area contributed by atoms with E-state index in [2.05, 4.69) is 5.16 Å². The fraction of sp³-hybridized carbons (Fsp3) is 0.667. The lowest BCUT2D eigenvalue weighted by Crippen LogP contribution is -2.34. The maximum absolute atomic E-state index is 6.09. The van der Waals surface area contributed by atoms with Crippen LogP contribution in [0, 0.1) is 5.92 Å². The molecule has 0 aliphatic heterocycles. The van der Waals surface area contributed by atoms with E-state index in [0.29, 0.717) is 17.9 Å². The number of aromatic nitrogens is 1. The van der Waals surface area contributed by atoms with Gasteiger partial charge in [-0.3, -0.25) is 0 Å². The van der Waals surface area contributed by atoms with Gasteiger partial charge in [-0.25, -0.2) is 0 Å². The molecule has 0 saturated heterocycles. The van der Waals surface area contributed by atoms with E-state index in [1.54, 1.807) is 0 Å². The molecule has 3 heteroatoms.